The van der Waals surface area contributed by atoms with E-state index >= 15 is 0 Å². The van der Waals surface area contributed by atoms with Gasteiger partial charge in [0.2, 0.25) is 5.95 Å². The molecule has 1 aliphatic rings. The van der Waals surface area contributed by atoms with Gasteiger partial charge in [0, 0.05) is 58.2 Å². The normalized spacial score (nSPS) is 14.6. The number of anilines is 1. The molecule has 0 atom stereocenters. The lowest BCUT2D eigenvalue weighted by molar-refractivity contribution is 0.263. The molecule has 9 heteroatoms. The Morgan fingerprint density at radius 1 is 1.06 bits per heavy atom. The minimum absolute atomic E-state index is 0. The molecule has 2 N–H and O–H groups in total. The Balaban J connectivity index is 0.00000341. The van der Waals surface area contributed by atoms with Crippen molar-refractivity contribution in [3.63, 3.8) is 0 Å². The van der Waals surface area contributed by atoms with Crippen molar-refractivity contribution in [2.24, 2.45) is 4.99 Å². The SMILES string of the molecule is CCNC(=NCCN1CCN(c2ncccn2)CC1)NCCc1ccccc1OC.I. The van der Waals surface area contributed by atoms with Gasteiger partial charge in [0.05, 0.1) is 13.7 Å². The largest absolute Gasteiger partial charge is 0.496 e. The van der Waals surface area contributed by atoms with Crippen LogP contribution in [-0.4, -0.2) is 80.3 Å². The average molecular weight is 539 g/mol. The minimum atomic E-state index is 0. The number of guanidine groups is 1. The fourth-order valence-corrected chi connectivity index (χ4v) is 3.50. The lowest BCUT2D eigenvalue weighted by Crippen LogP contribution is -2.47. The lowest BCUT2D eigenvalue weighted by Gasteiger charge is -2.34. The number of hydrogen-bond acceptors (Lipinski definition) is 6. The summed E-state index contributed by atoms with van der Waals surface area (Å²) in [6.45, 7) is 9.37. The highest BCUT2D eigenvalue weighted by atomic mass is 127. The number of piperazine rings is 1. The molecule has 2 aromatic rings. The van der Waals surface area contributed by atoms with Crippen LogP contribution >= 0.6 is 24.0 Å². The van der Waals surface area contributed by atoms with Gasteiger partial charge in [-0.25, -0.2) is 9.97 Å². The minimum Gasteiger partial charge on any atom is -0.496 e. The fourth-order valence-electron chi connectivity index (χ4n) is 3.50. The summed E-state index contributed by atoms with van der Waals surface area (Å²) >= 11 is 0. The van der Waals surface area contributed by atoms with Gasteiger partial charge in [-0.3, -0.25) is 9.89 Å². The fraction of sp³-hybridized carbons (Fsp3) is 0.500. The van der Waals surface area contributed by atoms with E-state index in [1.165, 1.54) is 5.56 Å². The third-order valence-electron chi connectivity index (χ3n) is 5.12. The first-order valence-corrected chi connectivity index (χ1v) is 10.7. The number of nitrogens with one attached hydrogen (secondary N) is 2. The molecule has 2 heterocycles. The Hall–Kier alpha value is -2.14. The van der Waals surface area contributed by atoms with Gasteiger partial charge in [0.25, 0.3) is 0 Å². The first-order chi connectivity index (χ1) is 14.8. The molecule has 170 valence electrons. The number of rotatable bonds is 9. The van der Waals surface area contributed by atoms with Crippen molar-refractivity contribution in [2.45, 2.75) is 13.3 Å². The van der Waals surface area contributed by atoms with Crippen molar-refractivity contribution >= 4 is 35.9 Å². The maximum absolute atomic E-state index is 5.43. The maximum atomic E-state index is 5.43. The molecular weight excluding hydrogens is 505 g/mol. The van der Waals surface area contributed by atoms with Gasteiger partial charge in [-0.2, -0.15) is 0 Å². The van der Waals surface area contributed by atoms with E-state index in [9.17, 15) is 0 Å². The highest BCUT2D eigenvalue weighted by Gasteiger charge is 2.18. The van der Waals surface area contributed by atoms with E-state index in [1.54, 1.807) is 19.5 Å². The molecule has 0 unspecified atom stereocenters. The Morgan fingerprint density at radius 3 is 2.52 bits per heavy atom. The summed E-state index contributed by atoms with van der Waals surface area (Å²) in [4.78, 5) is 18.1. The van der Waals surface area contributed by atoms with Crippen LogP contribution in [0.15, 0.2) is 47.7 Å². The predicted octanol–water partition coefficient (Wildman–Crippen LogP) is 2.02. The van der Waals surface area contributed by atoms with Crippen molar-refractivity contribution in [3.05, 3.63) is 48.3 Å². The molecule has 0 aliphatic carbocycles. The van der Waals surface area contributed by atoms with E-state index in [4.69, 9.17) is 9.73 Å². The van der Waals surface area contributed by atoms with E-state index in [0.717, 1.165) is 76.4 Å². The number of aliphatic imine (C=N–C) groups is 1. The third kappa shape index (κ3) is 8.13. The van der Waals surface area contributed by atoms with Crippen LogP contribution < -0.4 is 20.3 Å². The quantitative estimate of drug-likeness (QED) is 0.287. The number of hydrogen-bond donors (Lipinski definition) is 2. The van der Waals surface area contributed by atoms with Gasteiger partial charge < -0.3 is 20.3 Å². The Kier molecular flexibility index (Phi) is 11.4. The predicted molar refractivity (Wildman–Crippen MR) is 137 cm³/mol. The molecule has 31 heavy (non-hydrogen) atoms. The number of aromatic nitrogens is 2. The smallest absolute Gasteiger partial charge is 0.225 e. The highest BCUT2D eigenvalue weighted by molar-refractivity contribution is 14.0. The molecule has 1 aromatic carbocycles. The molecule has 0 saturated carbocycles. The van der Waals surface area contributed by atoms with E-state index < -0.39 is 0 Å². The molecule has 8 nitrogen and oxygen atoms in total. The van der Waals surface area contributed by atoms with Crippen LogP contribution in [0.5, 0.6) is 5.75 Å². The monoisotopic (exact) mass is 539 g/mol. The molecule has 3 rings (SSSR count). The van der Waals surface area contributed by atoms with Gasteiger partial charge in [-0.05, 0) is 31.0 Å². The molecule has 1 aromatic heterocycles. The van der Waals surface area contributed by atoms with E-state index in [2.05, 4.69) is 43.4 Å². The zero-order valence-electron chi connectivity index (χ0n) is 18.5. The highest BCUT2D eigenvalue weighted by Crippen LogP contribution is 2.17. The summed E-state index contributed by atoms with van der Waals surface area (Å²) < 4.78 is 5.43. The van der Waals surface area contributed by atoms with Crippen molar-refractivity contribution in [1.82, 2.24) is 25.5 Å². The Labute approximate surface area is 202 Å². The van der Waals surface area contributed by atoms with Crippen molar-refractivity contribution < 1.29 is 4.74 Å². The summed E-state index contributed by atoms with van der Waals surface area (Å²) in [5.74, 6) is 2.62. The number of para-hydroxylation sites is 1. The van der Waals surface area contributed by atoms with Gasteiger partial charge in [0.1, 0.15) is 5.75 Å². The van der Waals surface area contributed by atoms with Gasteiger partial charge >= 0.3 is 0 Å². The van der Waals surface area contributed by atoms with Crippen LogP contribution in [0.1, 0.15) is 12.5 Å². The molecular formula is C22H34IN7O. The number of nitrogens with zero attached hydrogens (tertiary/aromatic N) is 5. The number of ether oxygens (including phenoxy) is 1. The second-order valence-electron chi connectivity index (χ2n) is 7.13. The number of halogens is 1. The second-order valence-corrected chi connectivity index (χ2v) is 7.13. The van der Waals surface area contributed by atoms with Crippen LogP contribution in [0.4, 0.5) is 5.95 Å². The van der Waals surface area contributed by atoms with Crippen molar-refractivity contribution in [1.29, 1.82) is 0 Å². The van der Waals surface area contributed by atoms with Gasteiger partial charge in [-0.1, -0.05) is 18.2 Å². The summed E-state index contributed by atoms with van der Waals surface area (Å²) in [5.41, 5.74) is 1.20. The lowest BCUT2D eigenvalue weighted by atomic mass is 10.1. The molecule has 0 bridgehead atoms. The van der Waals surface area contributed by atoms with E-state index in [1.807, 2.05) is 24.3 Å². The van der Waals surface area contributed by atoms with E-state index in [0.29, 0.717) is 0 Å². The second kappa shape index (κ2) is 14.0. The van der Waals surface area contributed by atoms with Crippen molar-refractivity contribution in [3.8, 4) is 5.75 Å². The van der Waals surface area contributed by atoms with E-state index in [-0.39, 0.29) is 24.0 Å². The Morgan fingerprint density at radius 2 is 1.81 bits per heavy atom. The number of methoxy groups -OCH3 is 1. The zero-order valence-corrected chi connectivity index (χ0v) is 20.8. The average Bonchev–Trinajstić information content (AvgIpc) is 2.80. The van der Waals surface area contributed by atoms with Crippen LogP contribution in [0, 0.1) is 0 Å². The molecule has 0 radical (unpaired) electrons. The zero-order chi connectivity index (χ0) is 21.0. The number of benzene rings is 1. The topological polar surface area (TPSA) is 77.9 Å². The maximum Gasteiger partial charge on any atom is 0.225 e. The molecule has 0 spiro atoms. The molecule has 1 fully saturated rings. The van der Waals surface area contributed by atoms with Crippen LogP contribution in [-0.2, 0) is 6.42 Å². The summed E-state index contributed by atoms with van der Waals surface area (Å²) in [6.07, 6.45) is 4.48. The van der Waals surface area contributed by atoms with Gasteiger partial charge in [0.15, 0.2) is 5.96 Å². The Bertz CT molecular complexity index is 782. The first kappa shape index (κ1) is 25.1. The third-order valence-corrected chi connectivity index (χ3v) is 5.12. The van der Waals surface area contributed by atoms with Crippen LogP contribution in [0.2, 0.25) is 0 Å². The summed E-state index contributed by atoms with van der Waals surface area (Å²) in [5, 5.41) is 6.75. The van der Waals surface area contributed by atoms with Crippen molar-refractivity contribution in [2.75, 3.05) is 64.4 Å². The molecule has 1 saturated heterocycles. The summed E-state index contributed by atoms with van der Waals surface area (Å²) in [7, 11) is 1.71. The first-order valence-electron chi connectivity index (χ1n) is 10.7. The molecule has 0 amide bonds. The van der Waals surface area contributed by atoms with Gasteiger partial charge in [-0.15, -0.1) is 24.0 Å². The van der Waals surface area contributed by atoms with Crippen LogP contribution in [0.3, 0.4) is 0 Å². The van der Waals surface area contributed by atoms with Crippen LogP contribution in [0.25, 0.3) is 0 Å². The molecule has 1 aliphatic heterocycles. The summed E-state index contributed by atoms with van der Waals surface area (Å²) in [6, 6.07) is 9.99. The standard InChI is InChI=1S/C22H33N7O.HI/c1-3-23-21(24-12-9-19-7-4-5-8-20(19)30-2)25-13-14-28-15-17-29(18-16-28)22-26-10-6-11-27-22;/h4-8,10-11H,3,9,12-18H2,1-2H3,(H2,23,24,25);1H.